The normalized spacial score (nSPS) is 14.5. The molecular formula is C22H21N3O. The van der Waals surface area contributed by atoms with Crippen molar-refractivity contribution < 1.29 is 0 Å². The number of nitrogens with one attached hydrogen (secondary N) is 1. The third-order valence-electron chi connectivity index (χ3n) is 4.67. The van der Waals surface area contributed by atoms with Gasteiger partial charge in [-0.25, -0.2) is 4.98 Å². The Kier molecular flexibility index (Phi) is 4.75. The molecule has 0 bridgehead atoms. The van der Waals surface area contributed by atoms with Crippen LogP contribution < -0.4 is 5.56 Å². The molecule has 0 aliphatic carbocycles. The van der Waals surface area contributed by atoms with E-state index in [0.717, 1.165) is 36.3 Å². The molecule has 4 heteroatoms. The van der Waals surface area contributed by atoms with Gasteiger partial charge in [0.25, 0.3) is 5.56 Å². The first-order valence-electron chi connectivity index (χ1n) is 8.91. The highest BCUT2D eigenvalue weighted by Crippen LogP contribution is 2.18. The van der Waals surface area contributed by atoms with E-state index >= 15 is 0 Å². The Morgan fingerprint density at radius 1 is 1.04 bits per heavy atom. The second kappa shape index (κ2) is 7.50. The zero-order valence-electron chi connectivity index (χ0n) is 14.6. The Labute approximate surface area is 152 Å². The summed E-state index contributed by atoms with van der Waals surface area (Å²) in [5.74, 6) is 0.659. The summed E-state index contributed by atoms with van der Waals surface area (Å²) in [5, 5.41) is 0. The van der Waals surface area contributed by atoms with E-state index in [0.29, 0.717) is 12.4 Å². The second-order valence-corrected chi connectivity index (χ2v) is 6.50. The van der Waals surface area contributed by atoms with Gasteiger partial charge in [0.05, 0.1) is 11.3 Å². The van der Waals surface area contributed by atoms with Gasteiger partial charge < -0.3 is 4.98 Å². The van der Waals surface area contributed by atoms with Crippen LogP contribution in [-0.4, -0.2) is 28.0 Å². The molecule has 1 aliphatic rings. The number of hydrogen-bond donors (Lipinski definition) is 1. The lowest BCUT2D eigenvalue weighted by Gasteiger charge is -2.26. The van der Waals surface area contributed by atoms with Crippen LogP contribution in [0.5, 0.6) is 0 Å². The Balaban J connectivity index is 1.49. The summed E-state index contributed by atoms with van der Waals surface area (Å²) in [5.41, 5.74) is 3.84. The molecule has 0 fully saturated rings. The van der Waals surface area contributed by atoms with Gasteiger partial charge in [0.1, 0.15) is 5.82 Å². The molecule has 0 saturated carbocycles. The standard InChI is InChI=1S/C22H21N3O/c26-22-19-16-25(14-7-10-17-8-3-1-4-9-17)15-13-20(19)23-21(24-22)18-11-5-2-6-12-18/h1-12H,13-16H2,(H,23,24,26)/b10-7-. The number of H-pyrrole nitrogens is 1. The summed E-state index contributed by atoms with van der Waals surface area (Å²) in [7, 11) is 0. The van der Waals surface area contributed by atoms with Crippen LogP contribution in [0.15, 0.2) is 71.5 Å². The summed E-state index contributed by atoms with van der Waals surface area (Å²) in [6.07, 6.45) is 5.08. The summed E-state index contributed by atoms with van der Waals surface area (Å²) >= 11 is 0. The molecule has 4 rings (SSSR count). The number of rotatable bonds is 4. The summed E-state index contributed by atoms with van der Waals surface area (Å²) in [6.45, 7) is 2.39. The van der Waals surface area contributed by atoms with Gasteiger partial charge in [-0.2, -0.15) is 0 Å². The molecule has 0 radical (unpaired) electrons. The van der Waals surface area contributed by atoms with Gasteiger partial charge in [-0.05, 0) is 5.56 Å². The van der Waals surface area contributed by atoms with Crippen molar-refractivity contribution in [1.82, 2.24) is 14.9 Å². The molecule has 2 aromatic carbocycles. The molecule has 0 spiro atoms. The van der Waals surface area contributed by atoms with Crippen molar-refractivity contribution in [2.75, 3.05) is 13.1 Å². The third-order valence-corrected chi connectivity index (χ3v) is 4.67. The Morgan fingerprint density at radius 2 is 1.77 bits per heavy atom. The van der Waals surface area contributed by atoms with Gasteiger partial charge in [-0.1, -0.05) is 72.8 Å². The van der Waals surface area contributed by atoms with Crippen LogP contribution in [0.25, 0.3) is 17.5 Å². The zero-order valence-corrected chi connectivity index (χ0v) is 14.6. The van der Waals surface area contributed by atoms with E-state index in [9.17, 15) is 4.79 Å². The first-order chi connectivity index (χ1) is 12.8. The molecule has 0 unspecified atom stereocenters. The highest BCUT2D eigenvalue weighted by molar-refractivity contribution is 5.55. The SMILES string of the molecule is O=c1[nH]c(-c2ccccc2)nc2c1CN(C/C=C\c1ccccc1)CC2. The molecular weight excluding hydrogens is 322 g/mol. The molecule has 4 nitrogen and oxygen atoms in total. The lowest BCUT2D eigenvalue weighted by Crippen LogP contribution is -2.35. The largest absolute Gasteiger partial charge is 0.306 e. The van der Waals surface area contributed by atoms with E-state index in [1.54, 1.807) is 0 Å². The minimum Gasteiger partial charge on any atom is -0.306 e. The lowest BCUT2D eigenvalue weighted by molar-refractivity contribution is 0.278. The van der Waals surface area contributed by atoms with Gasteiger partial charge in [-0.15, -0.1) is 0 Å². The average Bonchev–Trinajstić information content (AvgIpc) is 2.70. The summed E-state index contributed by atoms with van der Waals surface area (Å²) < 4.78 is 0. The van der Waals surface area contributed by atoms with Crippen LogP contribution in [-0.2, 0) is 13.0 Å². The Hall–Kier alpha value is -2.98. The van der Waals surface area contributed by atoms with Crippen molar-refractivity contribution >= 4 is 6.08 Å². The number of benzene rings is 2. The van der Waals surface area contributed by atoms with Crippen LogP contribution in [0.2, 0.25) is 0 Å². The van der Waals surface area contributed by atoms with Gasteiger partial charge in [0.2, 0.25) is 0 Å². The Bertz CT molecular complexity index is 962. The third kappa shape index (κ3) is 3.65. The monoisotopic (exact) mass is 343 g/mol. The van der Waals surface area contributed by atoms with Crippen LogP contribution in [0.4, 0.5) is 0 Å². The fourth-order valence-electron chi connectivity index (χ4n) is 3.27. The molecule has 1 N–H and O–H groups in total. The molecule has 0 atom stereocenters. The summed E-state index contributed by atoms with van der Waals surface area (Å²) in [4.78, 5) is 22.5. The molecule has 0 amide bonds. The molecule has 3 aromatic rings. The van der Waals surface area contributed by atoms with Crippen LogP contribution in [0.3, 0.4) is 0 Å². The van der Waals surface area contributed by atoms with E-state index in [2.05, 4.69) is 34.2 Å². The van der Waals surface area contributed by atoms with Crippen LogP contribution >= 0.6 is 0 Å². The summed E-state index contributed by atoms with van der Waals surface area (Å²) in [6, 6.07) is 20.1. The smallest absolute Gasteiger partial charge is 0.255 e. The maximum Gasteiger partial charge on any atom is 0.255 e. The van der Waals surface area contributed by atoms with Crippen LogP contribution in [0, 0.1) is 0 Å². The minimum atomic E-state index is -0.0226. The Morgan fingerprint density at radius 3 is 2.54 bits per heavy atom. The highest BCUT2D eigenvalue weighted by Gasteiger charge is 2.20. The highest BCUT2D eigenvalue weighted by atomic mass is 16.1. The number of hydrogen-bond acceptors (Lipinski definition) is 3. The molecule has 0 saturated heterocycles. The predicted molar refractivity (Wildman–Crippen MR) is 105 cm³/mol. The number of aromatic amines is 1. The zero-order chi connectivity index (χ0) is 17.8. The molecule has 2 heterocycles. The van der Waals surface area contributed by atoms with Gasteiger partial charge in [-0.3, -0.25) is 9.69 Å². The topological polar surface area (TPSA) is 49.0 Å². The van der Waals surface area contributed by atoms with E-state index in [1.807, 2.05) is 48.5 Å². The molecule has 26 heavy (non-hydrogen) atoms. The first kappa shape index (κ1) is 16.5. The predicted octanol–water partition coefficient (Wildman–Crippen LogP) is 3.51. The van der Waals surface area contributed by atoms with Gasteiger partial charge in [0.15, 0.2) is 0 Å². The molecule has 130 valence electrons. The fraction of sp³-hybridized carbons (Fsp3) is 0.182. The number of aromatic nitrogens is 2. The molecule has 1 aromatic heterocycles. The average molecular weight is 343 g/mol. The van der Waals surface area contributed by atoms with Crippen molar-refractivity contribution in [3.63, 3.8) is 0 Å². The van der Waals surface area contributed by atoms with E-state index in [-0.39, 0.29) is 5.56 Å². The van der Waals surface area contributed by atoms with Crippen molar-refractivity contribution in [3.8, 4) is 11.4 Å². The van der Waals surface area contributed by atoms with E-state index in [4.69, 9.17) is 4.98 Å². The second-order valence-electron chi connectivity index (χ2n) is 6.50. The number of fused-ring (bicyclic) bond motifs is 1. The maximum atomic E-state index is 12.6. The molecule has 1 aliphatic heterocycles. The van der Waals surface area contributed by atoms with Crippen molar-refractivity contribution in [2.45, 2.75) is 13.0 Å². The van der Waals surface area contributed by atoms with Gasteiger partial charge >= 0.3 is 0 Å². The van der Waals surface area contributed by atoms with Gasteiger partial charge in [0, 0.05) is 31.6 Å². The first-order valence-corrected chi connectivity index (χ1v) is 8.91. The van der Waals surface area contributed by atoms with Crippen molar-refractivity contribution in [3.05, 3.63) is 93.9 Å². The van der Waals surface area contributed by atoms with E-state index in [1.165, 1.54) is 5.56 Å². The van der Waals surface area contributed by atoms with Crippen molar-refractivity contribution in [1.29, 1.82) is 0 Å². The minimum absolute atomic E-state index is 0.0226. The number of nitrogens with zero attached hydrogens (tertiary/aromatic N) is 2. The van der Waals surface area contributed by atoms with Crippen molar-refractivity contribution in [2.24, 2.45) is 0 Å². The maximum absolute atomic E-state index is 12.6. The fourth-order valence-corrected chi connectivity index (χ4v) is 3.27. The van der Waals surface area contributed by atoms with E-state index < -0.39 is 0 Å². The lowest BCUT2D eigenvalue weighted by atomic mass is 10.1. The quantitative estimate of drug-likeness (QED) is 0.789. The van der Waals surface area contributed by atoms with Crippen LogP contribution in [0.1, 0.15) is 16.8 Å².